The van der Waals surface area contributed by atoms with Gasteiger partial charge in [-0.3, -0.25) is 4.90 Å². The molecule has 0 bridgehead atoms. The second-order valence-electron chi connectivity index (χ2n) is 8.69. The number of hydrogen-bond donors (Lipinski definition) is 1. The van der Waals surface area contributed by atoms with Gasteiger partial charge in [0.2, 0.25) is 0 Å². The minimum atomic E-state index is 0.308. The molecule has 2 aliphatic rings. The Kier molecular flexibility index (Phi) is 7.10. The van der Waals surface area contributed by atoms with E-state index in [0.29, 0.717) is 11.7 Å². The highest BCUT2D eigenvalue weighted by atomic mass is 32.2. The fourth-order valence-corrected chi connectivity index (χ4v) is 7.05. The van der Waals surface area contributed by atoms with Crippen LogP contribution in [0, 0.1) is 0 Å². The molecule has 5 rings (SSSR count). The molecule has 0 atom stereocenters. The number of nitrogens with zero attached hydrogens (tertiary/aromatic N) is 1. The first-order valence-corrected chi connectivity index (χ1v) is 13.7. The highest BCUT2D eigenvalue weighted by Gasteiger charge is 2.24. The van der Waals surface area contributed by atoms with E-state index in [-0.39, 0.29) is 0 Å². The lowest BCUT2D eigenvalue weighted by Crippen LogP contribution is -2.33. The van der Waals surface area contributed by atoms with Gasteiger partial charge in [-0.2, -0.15) is 11.8 Å². The fraction of sp³-hybridized carbons (Fsp3) is 0.462. The zero-order valence-electron chi connectivity index (χ0n) is 18.4. The average Bonchev–Trinajstić information content (AvgIpc) is 3.18. The number of phenolic OH excluding ortho intramolecular Hbond substituents is 1. The number of ether oxygens (including phenoxy) is 2. The van der Waals surface area contributed by atoms with E-state index in [1.807, 2.05) is 48.2 Å². The summed E-state index contributed by atoms with van der Waals surface area (Å²) in [6.45, 7) is 4.12. The van der Waals surface area contributed by atoms with Crippen LogP contribution in [0.1, 0.15) is 42.9 Å². The monoisotopic (exact) mass is 469 g/mol. The first-order chi connectivity index (χ1) is 15.8. The van der Waals surface area contributed by atoms with Crippen molar-refractivity contribution in [3.63, 3.8) is 0 Å². The number of phenols is 1. The van der Waals surface area contributed by atoms with Gasteiger partial charge in [0.05, 0.1) is 4.88 Å². The van der Waals surface area contributed by atoms with E-state index in [1.54, 1.807) is 17.4 Å². The molecule has 6 heteroatoms. The quantitative estimate of drug-likeness (QED) is 0.409. The zero-order valence-corrected chi connectivity index (χ0v) is 20.1. The molecule has 0 spiro atoms. The van der Waals surface area contributed by atoms with Gasteiger partial charge in [-0.05, 0) is 98.7 Å². The van der Waals surface area contributed by atoms with Crippen molar-refractivity contribution in [3.05, 3.63) is 47.3 Å². The van der Waals surface area contributed by atoms with Crippen molar-refractivity contribution in [2.45, 2.75) is 38.0 Å². The molecular weight excluding hydrogens is 438 g/mol. The van der Waals surface area contributed by atoms with Gasteiger partial charge in [0.15, 0.2) is 0 Å². The molecule has 170 valence electrons. The highest BCUT2D eigenvalue weighted by Crippen LogP contribution is 2.48. The van der Waals surface area contributed by atoms with Crippen molar-refractivity contribution >= 4 is 33.2 Å². The van der Waals surface area contributed by atoms with Crippen molar-refractivity contribution in [2.75, 3.05) is 37.7 Å². The van der Waals surface area contributed by atoms with Crippen LogP contribution in [0.4, 0.5) is 0 Å². The van der Waals surface area contributed by atoms with Gasteiger partial charge in [-0.15, -0.1) is 11.3 Å². The van der Waals surface area contributed by atoms with Crippen LogP contribution in [0.15, 0.2) is 42.5 Å². The second kappa shape index (κ2) is 10.4. The third-order valence-corrected chi connectivity index (χ3v) is 8.76. The van der Waals surface area contributed by atoms with Gasteiger partial charge in [0.25, 0.3) is 0 Å². The lowest BCUT2D eigenvalue weighted by atomic mass is 9.99. The molecule has 2 aliphatic heterocycles. The van der Waals surface area contributed by atoms with E-state index in [0.717, 1.165) is 40.5 Å². The van der Waals surface area contributed by atoms with Crippen LogP contribution in [0.5, 0.6) is 23.0 Å². The summed E-state index contributed by atoms with van der Waals surface area (Å²) in [6, 6.07) is 13.6. The van der Waals surface area contributed by atoms with Gasteiger partial charge in [0.1, 0.15) is 29.6 Å². The number of thiophene rings is 1. The molecule has 0 saturated carbocycles. The predicted octanol–water partition coefficient (Wildman–Crippen LogP) is 6.87. The molecule has 0 aliphatic carbocycles. The van der Waals surface area contributed by atoms with Crippen LogP contribution >= 0.6 is 23.1 Å². The summed E-state index contributed by atoms with van der Waals surface area (Å²) in [7, 11) is 0. The third kappa shape index (κ3) is 5.19. The maximum absolute atomic E-state index is 9.96. The molecule has 2 saturated heterocycles. The molecule has 2 aromatic carbocycles. The van der Waals surface area contributed by atoms with Crippen LogP contribution in [0.2, 0.25) is 0 Å². The van der Waals surface area contributed by atoms with Gasteiger partial charge >= 0.3 is 0 Å². The summed E-state index contributed by atoms with van der Waals surface area (Å²) in [5.74, 6) is 5.91. The van der Waals surface area contributed by atoms with Crippen molar-refractivity contribution in [1.82, 2.24) is 4.90 Å². The molecule has 0 amide bonds. The molecular formula is C26H31NO3S2. The van der Waals surface area contributed by atoms with Gasteiger partial charge in [0, 0.05) is 16.6 Å². The first kappa shape index (κ1) is 21.9. The van der Waals surface area contributed by atoms with Crippen molar-refractivity contribution in [2.24, 2.45) is 0 Å². The highest BCUT2D eigenvalue weighted by molar-refractivity contribution is 7.99. The first-order valence-electron chi connectivity index (χ1n) is 11.7. The summed E-state index contributed by atoms with van der Waals surface area (Å²) in [5.41, 5.74) is 0. The van der Waals surface area contributed by atoms with Crippen LogP contribution in [0.25, 0.3) is 10.1 Å². The molecule has 2 fully saturated rings. The van der Waals surface area contributed by atoms with Crippen LogP contribution in [-0.4, -0.2) is 47.8 Å². The molecule has 3 heterocycles. The summed E-state index contributed by atoms with van der Waals surface area (Å²) < 4.78 is 13.5. The lowest BCUT2D eigenvalue weighted by Gasteiger charge is -2.26. The summed E-state index contributed by atoms with van der Waals surface area (Å²) in [5, 5.41) is 11.0. The molecule has 1 N–H and O–H groups in total. The second-order valence-corrected chi connectivity index (χ2v) is 11.0. The number of hydrogen-bond acceptors (Lipinski definition) is 6. The van der Waals surface area contributed by atoms with E-state index < -0.39 is 0 Å². The SMILES string of the molecule is Oc1ccc2c(Oc3ccc(OCCN4CCCCC4)cc3)c(C3CCSCC3)sc2c1. The Hall–Kier alpha value is -1.89. The number of likely N-dealkylation sites (tertiary alicyclic amines) is 1. The fourth-order valence-electron chi connectivity index (χ4n) is 4.61. The lowest BCUT2D eigenvalue weighted by molar-refractivity contribution is 0.183. The maximum Gasteiger partial charge on any atom is 0.149 e. The minimum Gasteiger partial charge on any atom is -0.508 e. The molecule has 4 nitrogen and oxygen atoms in total. The Morgan fingerprint density at radius 2 is 1.69 bits per heavy atom. The van der Waals surface area contributed by atoms with E-state index in [9.17, 15) is 5.11 Å². The van der Waals surface area contributed by atoms with Crippen LogP contribution in [0.3, 0.4) is 0 Å². The van der Waals surface area contributed by atoms with E-state index >= 15 is 0 Å². The normalized spacial score (nSPS) is 18.1. The molecule has 1 aromatic heterocycles. The number of fused-ring (bicyclic) bond motifs is 1. The number of thioether (sulfide) groups is 1. The minimum absolute atomic E-state index is 0.308. The molecule has 0 radical (unpaired) electrons. The summed E-state index contributed by atoms with van der Waals surface area (Å²) in [4.78, 5) is 3.80. The van der Waals surface area contributed by atoms with Crippen molar-refractivity contribution < 1.29 is 14.6 Å². The maximum atomic E-state index is 9.96. The number of aromatic hydroxyl groups is 1. The Bertz CT molecular complexity index is 1020. The smallest absolute Gasteiger partial charge is 0.149 e. The largest absolute Gasteiger partial charge is 0.508 e. The third-order valence-electron chi connectivity index (χ3n) is 6.41. The van der Waals surface area contributed by atoms with Crippen molar-refractivity contribution in [3.8, 4) is 23.0 Å². The molecule has 32 heavy (non-hydrogen) atoms. The number of piperidine rings is 1. The summed E-state index contributed by atoms with van der Waals surface area (Å²) >= 11 is 3.80. The van der Waals surface area contributed by atoms with Gasteiger partial charge in [-0.25, -0.2) is 0 Å². The van der Waals surface area contributed by atoms with Gasteiger partial charge in [-0.1, -0.05) is 6.42 Å². The Morgan fingerprint density at radius 3 is 2.47 bits per heavy atom. The molecule has 0 unspecified atom stereocenters. The van der Waals surface area contributed by atoms with Crippen molar-refractivity contribution in [1.29, 1.82) is 0 Å². The number of rotatable bonds is 7. The Labute approximate surface area is 198 Å². The Morgan fingerprint density at radius 1 is 0.938 bits per heavy atom. The van der Waals surface area contributed by atoms with Gasteiger partial charge < -0.3 is 14.6 Å². The standard InChI is InChI=1S/C26H31NO3S2/c28-20-4-9-23-24(18-20)32-26(19-10-16-31-17-11-19)25(23)30-22-7-5-21(6-8-22)29-15-14-27-12-2-1-3-13-27/h4-9,18-19,28H,1-3,10-17H2. The zero-order chi connectivity index (χ0) is 21.8. The molecule has 3 aromatic rings. The Balaban J connectivity index is 1.29. The van der Waals surface area contributed by atoms with E-state index in [2.05, 4.69) is 4.90 Å². The topological polar surface area (TPSA) is 41.9 Å². The number of benzene rings is 2. The van der Waals surface area contributed by atoms with E-state index in [4.69, 9.17) is 9.47 Å². The average molecular weight is 470 g/mol. The predicted molar refractivity (Wildman–Crippen MR) is 135 cm³/mol. The summed E-state index contributed by atoms with van der Waals surface area (Å²) in [6.07, 6.45) is 6.35. The van der Waals surface area contributed by atoms with E-state index in [1.165, 1.54) is 61.6 Å². The van der Waals surface area contributed by atoms with Crippen LogP contribution < -0.4 is 9.47 Å². The van der Waals surface area contributed by atoms with Crippen LogP contribution in [-0.2, 0) is 0 Å².